The fourth-order valence-corrected chi connectivity index (χ4v) is 3.74. The molecule has 1 saturated carbocycles. The monoisotopic (exact) mass is 465 g/mol. The molecule has 184 valence electrons. The van der Waals surface area contributed by atoms with Crippen LogP contribution in [-0.4, -0.2) is 92.2 Å². The van der Waals surface area contributed by atoms with Gasteiger partial charge < -0.3 is 34.5 Å². The fourth-order valence-electron chi connectivity index (χ4n) is 3.74. The van der Waals surface area contributed by atoms with Crippen LogP contribution in [0.25, 0.3) is 0 Å². The molecule has 0 spiro atoms. The van der Waals surface area contributed by atoms with Gasteiger partial charge in [0, 0.05) is 32.8 Å². The number of morpholine rings is 1. The maximum absolute atomic E-state index is 13.3. The van der Waals surface area contributed by atoms with E-state index in [1.54, 1.807) is 13.3 Å². The molecule has 33 heavy (non-hydrogen) atoms. The molecule has 2 fully saturated rings. The normalized spacial score (nSPS) is 20.2. The lowest BCUT2D eigenvalue weighted by molar-refractivity contribution is -0.154. The summed E-state index contributed by atoms with van der Waals surface area (Å²) in [5.41, 5.74) is 1.41. The number of carbonyl (C=O) groups is 2. The molecule has 0 aromatic carbocycles. The minimum absolute atomic E-state index is 0.0367. The largest absolute Gasteiger partial charge is 0.477 e. The quantitative estimate of drug-likeness (QED) is 0.428. The minimum atomic E-state index is -0.543. The number of alkyl carbamates (subject to hydrolysis) is 1. The highest BCUT2D eigenvalue weighted by atomic mass is 16.5. The van der Waals surface area contributed by atoms with Gasteiger partial charge in [-0.15, -0.1) is 0 Å². The van der Waals surface area contributed by atoms with Crippen LogP contribution in [0, 0.1) is 0 Å². The molecule has 2 N–H and O–H groups in total. The molecule has 1 saturated heterocycles. The second kappa shape index (κ2) is 12.7. The highest BCUT2D eigenvalue weighted by Gasteiger charge is 2.38. The summed E-state index contributed by atoms with van der Waals surface area (Å²) in [5.74, 6) is 0.441. The smallest absolute Gasteiger partial charge is 0.406 e. The fraction of sp³-hybridized carbons (Fsp3) is 0.727. The minimum Gasteiger partial charge on any atom is -0.477 e. The van der Waals surface area contributed by atoms with Gasteiger partial charge in [0.15, 0.2) is 0 Å². The van der Waals surface area contributed by atoms with Gasteiger partial charge in [-0.05, 0) is 32.6 Å². The first-order chi connectivity index (χ1) is 16.0. The molecule has 2 atom stereocenters. The van der Waals surface area contributed by atoms with Crippen LogP contribution >= 0.6 is 0 Å². The second-order valence-corrected chi connectivity index (χ2v) is 8.13. The summed E-state index contributed by atoms with van der Waals surface area (Å²) in [4.78, 5) is 35.6. The molecule has 0 bridgehead atoms. The van der Waals surface area contributed by atoms with Crippen LogP contribution in [0.2, 0.25) is 0 Å². The van der Waals surface area contributed by atoms with Crippen LogP contribution in [0.1, 0.15) is 37.6 Å². The third-order valence-electron chi connectivity index (χ3n) is 5.47. The molecule has 1 aromatic heterocycles. The highest BCUT2D eigenvalue weighted by Crippen LogP contribution is 2.30. The molecule has 11 nitrogen and oxygen atoms in total. The molecule has 0 radical (unpaired) electrons. The van der Waals surface area contributed by atoms with E-state index in [2.05, 4.69) is 20.4 Å². The number of ether oxygens (including phenoxy) is 4. The molecule has 3 rings (SSSR count). The van der Waals surface area contributed by atoms with Gasteiger partial charge >= 0.3 is 6.09 Å². The van der Waals surface area contributed by atoms with Crippen LogP contribution in [0.5, 0.6) is 5.88 Å². The first-order valence-electron chi connectivity index (χ1n) is 11.5. The number of hydrogen-bond donors (Lipinski definition) is 2. The molecule has 2 aliphatic rings. The first-order valence-corrected chi connectivity index (χ1v) is 11.5. The maximum atomic E-state index is 13.3. The number of hydrogen-bond acceptors (Lipinski definition) is 9. The zero-order valence-electron chi connectivity index (χ0n) is 19.7. The lowest BCUT2D eigenvalue weighted by Crippen LogP contribution is -2.54. The first kappa shape index (κ1) is 25.1. The van der Waals surface area contributed by atoms with Crippen molar-refractivity contribution in [1.82, 2.24) is 25.5 Å². The number of nitrogens with zero attached hydrogens (tertiary/aromatic N) is 3. The molecular formula is C22H35N5O6. The van der Waals surface area contributed by atoms with E-state index in [1.165, 1.54) is 7.11 Å². The van der Waals surface area contributed by atoms with Crippen molar-refractivity contribution >= 4 is 12.0 Å². The zero-order valence-corrected chi connectivity index (χ0v) is 19.7. The Kier molecular flexibility index (Phi) is 9.64. The van der Waals surface area contributed by atoms with Crippen molar-refractivity contribution in [3.05, 3.63) is 17.6 Å². The van der Waals surface area contributed by atoms with Gasteiger partial charge in [-0.2, -0.15) is 0 Å². The topological polar surface area (TPSA) is 124 Å². The molecular weight excluding hydrogens is 430 g/mol. The van der Waals surface area contributed by atoms with Crippen LogP contribution in [0.3, 0.4) is 0 Å². The van der Waals surface area contributed by atoms with Crippen LogP contribution in [0.4, 0.5) is 4.79 Å². The summed E-state index contributed by atoms with van der Waals surface area (Å²) in [6.07, 6.45) is 3.69. The van der Waals surface area contributed by atoms with E-state index in [4.69, 9.17) is 19.2 Å². The highest BCUT2D eigenvalue weighted by molar-refractivity contribution is 5.82. The number of nitrogens with one attached hydrogen (secondary N) is 2. The molecule has 2 heterocycles. The van der Waals surface area contributed by atoms with E-state index in [0.717, 1.165) is 12.8 Å². The molecule has 1 aliphatic carbocycles. The predicted octanol–water partition coefficient (Wildman–Crippen LogP) is 0.658. The maximum Gasteiger partial charge on any atom is 0.406 e. The Morgan fingerprint density at radius 1 is 1.30 bits per heavy atom. The molecule has 11 heteroatoms. The van der Waals surface area contributed by atoms with Gasteiger partial charge in [-0.1, -0.05) is 0 Å². The number of aromatic nitrogens is 2. The zero-order chi connectivity index (χ0) is 23.6. The van der Waals surface area contributed by atoms with Crippen molar-refractivity contribution in [1.29, 1.82) is 0 Å². The Labute approximate surface area is 194 Å². The second-order valence-electron chi connectivity index (χ2n) is 8.13. The Morgan fingerprint density at radius 3 is 2.82 bits per heavy atom. The standard InChI is InChI=1S/C22H35N5O6/c1-4-32-20-18(6-5-9-24-22(29)31-3)26-15(10-25-20)13-27(16-7-8-16)21(28)19-12-23-11-17(33-19)14-30-2/h10,16-17,19,23H,4-9,11-14H2,1-3H3,(H,24,29)/t17-,19+/m0/s1. The Morgan fingerprint density at radius 2 is 2.12 bits per heavy atom. The number of rotatable bonds is 12. The van der Waals surface area contributed by atoms with E-state index in [9.17, 15) is 9.59 Å². The van der Waals surface area contributed by atoms with Crippen LogP contribution < -0.4 is 15.4 Å². The third-order valence-corrected chi connectivity index (χ3v) is 5.47. The third kappa shape index (κ3) is 7.51. The van der Waals surface area contributed by atoms with E-state index >= 15 is 0 Å². The lowest BCUT2D eigenvalue weighted by Gasteiger charge is -2.33. The van der Waals surface area contributed by atoms with Crippen molar-refractivity contribution in [2.75, 3.05) is 47.1 Å². The van der Waals surface area contributed by atoms with Crippen molar-refractivity contribution in [2.24, 2.45) is 0 Å². The van der Waals surface area contributed by atoms with E-state index in [1.807, 2.05) is 11.8 Å². The van der Waals surface area contributed by atoms with Gasteiger partial charge in [-0.25, -0.2) is 14.8 Å². The van der Waals surface area contributed by atoms with Crippen LogP contribution in [-0.2, 0) is 32.0 Å². The molecule has 1 aliphatic heterocycles. The van der Waals surface area contributed by atoms with Gasteiger partial charge in [0.2, 0.25) is 5.88 Å². The van der Waals surface area contributed by atoms with Crippen molar-refractivity contribution in [3.63, 3.8) is 0 Å². The summed E-state index contributed by atoms with van der Waals surface area (Å²) in [6, 6.07) is 0.199. The van der Waals surface area contributed by atoms with Gasteiger partial charge in [0.1, 0.15) is 11.8 Å². The summed E-state index contributed by atoms with van der Waals surface area (Å²) in [6.45, 7) is 4.77. The average Bonchev–Trinajstić information content (AvgIpc) is 3.67. The number of methoxy groups -OCH3 is 2. The van der Waals surface area contributed by atoms with E-state index < -0.39 is 12.2 Å². The lowest BCUT2D eigenvalue weighted by atomic mass is 10.2. The predicted molar refractivity (Wildman–Crippen MR) is 119 cm³/mol. The summed E-state index contributed by atoms with van der Waals surface area (Å²) in [7, 11) is 2.95. The number of carbonyl (C=O) groups excluding carboxylic acids is 2. The Balaban J connectivity index is 1.66. The van der Waals surface area contributed by atoms with E-state index in [-0.39, 0.29) is 18.1 Å². The van der Waals surface area contributed by atoms with Crippen molar-refractivity contribution in [2.45, 2.75) is 57.4 Å². The Bertz CT molecular complexity index is 789. The van der Waals surface area contributed by atoms with Gasteiger partial charge in [0.05, 0.1) is 44.9 Å². The Hall–Kier alpha value is -2.50. The summed E-state index contributed by atoms with van der Waals surface area (Å²) < 4.78 is 21.4. The van der Waals surface area contributed by atoms with Gasteiger partial charge in [-0.3, -0.25) is 4.79 Å². The van der Waals surface area contributed by atoms with Crippen LogP contribution in [0.15, 0.2) is 6.20 Å². The SMILES string of the molecule is CCOc1ncc(CN(C(=O)[C@H]2CNC[C@@H](COC)O2)C2CC2)nc1CCCNC(=O)OC. The van der Waals surface area contributed by atoms with Crippen molar-refractivity contribution < 1.29 is 28.5 Å². The number of amides is 2. The molecule has 1 aromatic rings. The molecule has 0 unspecified atom stereocenters. The molecule has 2 amide bonds. The average molecular weight is 466 g/mol. The van der Waals surface area contributed by atoms with E-state index in [0.29, 0.717) is 69.5 Å². The summed E-state index contributed by atoms with van der Waals surface area (Å²) in [5, 5.41) is 5.92. The number of aryl methyl sites for hydroxylation is 1. The van der Waals surface area contributed by atoms with Crippen molar-refractivity contribution in [3.8, 4) is 5.88 Å². The summed E-state index contributed by atoms with van der Waals surface area (Å²) >= 11 is 0. The van der Waals surface area contributed by atoms with Gasteiger partial charge in [0.25, 0.3) is 5.91 Å².